The number of halogens is 1. The van der Waals surface area contributed by atoms with Crippen LogP contribution in [0.25, 0.3) is 0 Å². The zero-order chi connectivity index (χ0) is 24.8. The lowest BCUT2D eigenvalue weighted by Gasteiger charge is -2.36. The van der Waals surface area contributed by atoms with Gasteiger partial charge in [-0.15, -0.1) is 0 Å². The molecule has 1 unspecified atom stereocenters. The number of rotatable bonds is 14. The molecule has 0 aromatic carbocycles. The van der Waals surface area contributed by atoms with Crippen LogP contribution < -0.4 is 10.6 Å². The first-order valence-electron chi connectivity index (χ1n) is 12.2. The molecule has 1 aromatic heterocycles. The van der Waals surface area contributed by atoms with Crippen molar-refractivity contribution in [3.63, 3.8) is 0 Å². The minimum Gasteiger partial charge on any atom is -0.466 e. The van der Waals surface area contributed by atoms with Gasteiger partial charge in [0, 0.05) is 13.1 Å². The van der Waals surface area contributed by atoms with Gasteiger partial charge in [-0.25, -0.2) is 0 Å². The minimum absolute atomic E-state index is 0.0693. The average molecular weight is 559 g/mol. The first kappa shape index (κ1) is 28.3. The fourth-order valence-corrected chi connectivity index (χ4v) is 4.44. The lowest BCUT2D eigenvalue weighted by atomic mass is 10.1. The molecule has 0 spiro atoms. The predicted octanol–water partition coefficient (Wildman–Crippen LogP) is 4.71. The van der Waals surface area contributed by atoms with Crippen molar-refractivity contribution in [1.82, 2.24) is 15.5 Å². The summed E-state index contributed by atoms with van der Waals surface area (Å²) in [5.74, 6) is -1.21. The average Bonchev–Trinajstić information content (AvgIpc) is 3.25. The number of thiocarbonyl (C=S) groups is 1. The lowest BCUT2D eigenvalue weighted by Crippen LogP contribution is -2.60. The third-order valence-electron chi connectivity index (χ3n) is 5.73. The van der Waals surface area contributed by atoms with Crippen LogP contribution in [-0.4, -0.2) is 53.5 Å². The Morgan fingerprint density at radius 1 is 1.15 bits per heavy atom. The Kier molecular flexibility index (Phi) is 13.2. The second-order valence-corrected chi connectivity index (χ2v) is 9.64. The van der Waals surface area contributed by atoms with E-state index in [2.05, 4.69) is 33.5 Å². The third-order valence-corrected chi connectivity index (χ3v) is 6.49. The monoisotopic (exact) mass is 557 g/mol. The van der Waals surface area contributed by atoms with Gasteiger partial charge in [-0.05, 0) is 46.7 Å². The maximum Gasteiger partial charge on any atom is 0.308 e. The number of amides is 2. The van der Waals surface area contributed by atoms with E-state index in [1.807, 2.05) is 0 Å². The van der Waals surface area contributed by atoms with E-state index in [0.29, 0.717) is 24.4 Å². The summed E-state index contributed by atoms with van der Waals surface area (Å²) in [6.45, 7) is 3.32. The Morgan fingerprint density at radius 2 is 1.79 bits per heavy atom. The van der Waals surface area contributed by atoms with E-state index in [1.165, 1.54) is 51.0 Å². The van der Waals surface area contributed by atoms with Gasteiger partial charge in [0.15, 0.2) is 15.5 Å². The van der Waals surface area contributed by atoms with Crippen LogP contribution in [0.3, 0.4) is 0 Å². The minimum atomic E-state index is -0.829. The largest absolute Gasteiger partial charge is 0.466 e. The van der Waals surface area contributed by atoms with E-state index in [9.17, 15) is 14.4 Å². The number of nitrogens with zero attached hydrogens (tertiary/aromatic N) is 1. The molecule has 8 nitrogen and oxygen atoms in total. The van der Waals surface area contributed by atoms with E-state index >= 15 is 0 Å². The Bertz CT molecular complexity index is 816. The van der Waals surface area contributed by atoms with E-state index < -0.39 is 17.9 Å². The van der Waals surface area contributed by atoms with Crippen molar-refractivity contribution in [2.45, 2.75) is 83.6 Å². The number of ether oxygens (including phenoxy) is 1. The van der Waals surface area contributed by atoms with Gasteiger partial charge >= 0.3 is 5.97 Å². The van der Waals surface area contributed by atoms with Gasteiger partial charge in [0.2, 0.25) is 5.91 Å². The van der Waals surface area contributed by atoms with Crippen LogP contribution in [0.2, 0.25) is 0 Å². The highest BCUT2D eigenvalue weighted by molar-refractivity contribution is 9.10. The summed E-state index contributed by atoms with van der Waals surface area (Å²) < 4.78 is 11.0. The quantitative estimate of drug-likeness (QED) is 0.194. The third kappa shape index (κ3) is 10.1. The number of carbonyl (C=O) groups excluding carboxylic acids is 3. The number of hydrogen-bond acceptors (Lipinski definition) is 6. The number of furan rings is 1. The van der Waals surface area contributed by atoms with Crippen molar-refractivity contribution in [1.29, 1.82) is 0 Å². The molecule has 34 heavy (non-hydrogen) atoms. The summed E-state index contributed by atoms with van der Waals surface area (Å²) in [6, 6.07) is 2.28. The number of esters is 1. The molecule has 2 N–H and O–H groups in total. The van der Waals surface area contributed by atoms with Gasteiger partial charge in [0.25, 0.3) is 5.91 Å². The predicted molar refractivity (Wildman–Crippen MR) is 137 cm³/mol. The smallest absolute Gasteiger partial charge is 0.308 e. The van der Waals surface area contributed by atoms with Crippen LogP contribution >= 0.6 is 28.1 Å². The van der Waals surface area contributed by atoms with Crippen LogP contribution in [0.15, 0.2) is 21.2 Å². The molecule has 0 saturated carbocycles. The molecule has 0 radical (unpaired) electrons. The van der Waals surface area contributed by atoms with E-state index in [0.717, 1.165) is 19.3 Å². The summed E-state index contributed by atoms with van der Waals surface area (Å²) in [4.78, 5) is 38.6. The van der Waals surface area contributed by atoms with Gasteiger partial charge in [0.1, 0.15) is 6.04 Å². The summed E-state index contributed by atoms with van der Waals surface area (Å²) >= 11 is 8.48. The maximum absolute atomic E-state index is 12.4. The molecular formula is C24H36BrN3O5S. The number of hydrogen-bond donors (Lipinski definition) is 2. The molecule has 1 fully saturated rings. The van der Waals surface area contributed by atoms with Crippen LogP contribution in [0.5, 0.6) is 0 Å². The highest BCUT2D eigenvalue weighted by atomic mass is 79.9. The van der Waals surface area contributed by atoms with E-state index in [4.69, 9.17) is 21.4 Å². The normalized spacial score (nSPS) is 15.6. The van der Waals surface area contributed by atoms with Crippen molar-refractivity contribution < 1.29 is 23.5 Å². The molecule has 1 atom stereocenters. The van der Waals surface area contributed by atoms with Crippen LogP contribution in [-0.2, 0) is 14.3 Å². The summed E-state index contributed by atoms with van der Waals surface area (Å²) in [7, 11) is 0. The van der Waals surface area contributed by atoms with E-state index in [1.54, 1.807) is 11.0 Å². The molecule has 2 rings (SSSR count). The fourth-order valence-electron chi connectivity index (χ4n) is 3.82. The molecular weight excluding hydrogens is 522 g/mol. The van der Waals surface area contributed by atoms with Gasteiger partial charge in [0.05, 0.1) is 13.0 Å². The number of unbranched alkanes of at least 4 members (excludes halogenated alkanes) is 9. The zero-order valence-corrected chi connectivity index (χ0v) is 22.3. The fraction of sp³-hybridized carbons (Fsp3) is 0.667. The molecule has 1 aliphatic rings. The Labute approximate surface area is 215 Å². The Morgan fingerprint density at radius 3 is 2.41 bits per heavy atom. The second kappa shape index (κ2) is 15.9. The van der Waals surface area contributed by atoms with Crippen molar-refractivity contribution in [3.05, 3.63) is 22.6 Å². The summed E-state index contributed by atoms with van der Waals surface area (Å²) in [6.07, 6.45) is 11.9. The highest BCUT2D eigenvalue weighted by Gasteiger charge is 2.34. The molecule has 1 aliphatic heterocycles. The van der Waals surface area contributed by atoms with Crippen molar-refractivity contribution in [2.75, 3.05) is 19.7 Å². The van der Waals surface area contributed by atoms with Crippen LogP contribution in [0.1, 0.15) is 88.1 Å². The lowest BCUT2D eigenvalue weighted by molar-refractivity contribution is -0.147. The molecule has 10 heteroatoms. The summed E-state index contributed by atoms with van der Waals surface area (Å²) in [5, 5.41) is 5.37. The molecule has 190 valence electrons. The van der Waals surface area contributed by atoms with Crippen molar-refractivity contribution in [3.8, 4) is 0 Å². The van der Waals surface area contributed by atoms with Crippen molar-refractivity contribution in [2.24, 2.45) is 0 Å². The van der Waals surface area contributed by atoms with Gasteiger partial charge in [-0.1, -0.05) is 64.7 Å². The maximum atomic E-state index is 12.4. The number of nitrogens with one attached hydrogen (secondary N) is 2. The van der Waals surface area contributed by atoms with Gasteiger partial charge in [-0.2, -0.15) is 0 Å². The van der Waals surface area contributed by atoms with Gasteiger partial charge in [-0.3, -0.25) is 19.7 Å². The first-order chi connectivity index (χ1) is 16.4. The molecule has 0 aliphatic carbocycles. The second-order valence-electron chi connectivity index (χ2n) is 8.47. The number of piperazine rings is 1. The summed E-state index contributed by atoms with van der Waals surface area (Å²) in [5.41, 5.74) is 0. The number of carbonyl (C=O) groups is 3. The van der Waals surface area contributed by atoms with Gasteiger partial charge < -0.3 is 19.4 Å². The van der Waals surface area contributed by atoms with Crippen LogP contribution in [0.4, 0.5) is 0 Å². The molecule has 2 heterocycles. The topological polar surface area (TPSA) is 101 Å². The standard InChI is InChI=1S/C24H36BrN3O5S/c1-2-3-4-5-6-7-8-9-10-11-16-32-21(29)17-18-22(30)26-14-15-28(18)24(34)27-23(31)19-12-13-20(25)33-19/h12-13,18H,2-11,14-17H2,1H3,(H,26,30)(H,27,31,34). The van der Waals surface area contributed by atoms with Crippen LogP contribution in [0, 0.1) is 0 Å². The molecule has 1 saturated heterocycles. The SMILES string of the molecule is CCCCCCCCCCCCOC(=O)CC1C(=O)NCCN1C(=S)NC(=O)c1ccc(Br)o1. The van der Waals surface area contributed by atoms with E-state index in [-0.39, 0.29) is 23.2 Å². The molecule has 1 aromatic rings. The Hall–Kier alpha value is -1.94. The zero-order valence-electron chi connectivity index (χ0n) is 19.9. The highest BCUT2D eigenvalue weighted by Crippen LogP contribution is 2.15. The molecule has 0 bridgehead atoms. The first-order valence-corrected chi connectivity index (χ1v) is 13.4. The molecule has 2 amide bonds. The van der Waals surface area contributed by atoms with Crippen molar-refractivity contribution >= 4 is 51.0 Å². The Balaban J connectivity index is 1.68.